The molecule has 1 N–H and O–H groups in total. The second kappa shape index (κ2) is 4.69. The van der Waals surface area contributed by atoms with E-state index in [2.05, 4.69) is 34.6 Å². The summed E-state index contributed by atoms with van der Waals surface area (Å²) in [4.78, 5) is 2.15. The molecule has 0 amide bonds. The van der Waals surface area contributed by atoms with Crippen LogP contribution in [0.2, 0.25) is 5.02 Å². The lowest BCUT2D eigenvalue weighted by molar-refractivity contribution is 0.517. The summed E-state index contributed by atoms with van der Waals surface area (Å²) in [6.07, 6.45) is 13.6. The molecular weight excluding hydrogens is 244 g/mol. The largest absolute Gasteiger partial charge is 0.326 e. The first-order chi connectivity index (χ1) is 8.81. The Morgan fingerprint density at radius 2 is 2.00 bits per heavy atom. The van der Waals surface area contributed by atoms with Crippen molar-refractivity contribution in [3.8, 4) is 0 Å². The fourth-order valence-electron chi connectivity index (χ4n) is 1.90. The van der Waals surface area contributed by atoms with E-state index in [1.54, 1.807) is 0 Å². The van der Waals surface area contributed by atoms with E-state index in [9.17, 15) is 0 Å². The van der Waals surface area contributed by atoms with Gasteiger partial charge in [-0.2, -0.15) is 0 Å². The lowest BCUT2D eigenvalue weighted by Gasteiger charge is -2.19. The molecule has 0 saturated heterocycles. The second-order valence-corrected chi connectivity index (χ2v) is 4.55. The van der Waals surface area contributed by atoms with Gasteiger partial charge in [0.1, 0.15) is 0 Å². The van der Waals surface area contributed by atoms with E-state index >= 15 is 0 Å². The van der Waals surface area contributed by atoms with Gasteiger partial charge in [0, 0.05) is 16.9 Å². The van der Waals surface area contributed by atoms with Gasteiger partial charge >= 0.3 is 0 Å². The second-order valence-electron chi connectivity index (χ2n) is 4.11. The minimum atomic E-state index is 0.743. The monoisotopic (exact) mass is 255 g/mol. The number of halogens is 1. The van der Waals surface area contributed by atoms with E-state index in [0.717, 1.165) is 28.6 Å². The van der Waals surface area contributed by atoms with Crippen LogP contribution in [-0.2, 0) is 0 Å². The molecule has 3 rings (SSSR count). The van der Waals surface area contributed by atoms with E-state index in [0.29, 0.717) is 0 Å². The highest BCUT2D eigenvalue weighted by molar-refractivity contribution is 6.30. The zero-order valence-corrected chi connectivity index (χ0v) is 10.5. The molecule has 0 spiro atoms. The molecule has 3 heteroatoms. The quantitative estimate of drug-likeness (QED) is 0.811. The third-order valence-corrected chi connectivity index (χ3v) is 3.07. The van der Waals surface area contributed by atoms with E-state index in [4.69, 9.17) is 11.6 Å². The zero-order chi connectivity index (χ0) is 12.4. The number of hydrogen-bond donors (Lipinski definition) is 1. The fourth-order valence-corrected chi connectivity index (χ4v) is 2.02. The summed E-state index contributed by atoms with van der Waals surface area (Å²) >= 11 is 5.86. The van der Waals surface area contributed by atoms with Crippen molar-refractivity contribution in [2.45, 2.75) is 0 Å². The number of nitrogens with zero attached hydrogens (tertiary/aromatic N) is 1. The third-order valence-electron chi connectivity index (χ3n) is 2.82. The molecule has 1 aromatic carbocycles. The van der Waals surface area contributed by atoms with Crippen molar-refractivity contribution in [2.24, 2.45) is 0 Å². The molecule has 0 radical (unpaired) electrons. The van der Waals surface area contributed by atoms with Crippen molar-refractivity contribution in [1.29, 1.82) is 0 Å². The molecule has 0 atom stereocenters. The smallest absolute Gasteiger partial charge is 0.211 e. The van der Waals surface area contributed by atoms with Crippen LogP contribution < -0.4 is 5.32 Å². The molecule has 88 valence electrons. The highest BCUT2D eigenvalue weighted by atomic mass is 35.5. The molecule has 0 aliphatic carbocycles. The number of allylic oxidation sites excluding steroid dienone is 4. The van der Waals surface area contributed by atoms with Crippen molar-refractivity contribution in [3.63, 3.8) is 0 Å². The summed E-state index contributed by atoms with van der Waals surface area (Å²) in [6.45, 7) is 0.860. The number of nitrogens with one attached hydrogen (secondary N) is 1. The van der Waals surface area contributed by atoms with Crippen LogP contribution in [0.1, 0.15) is 0 Å². The third kappa shape index (κ3) is 2.30. The average Bonchev–Trinajstić information content (AvgIpc) is 2.41. The Morgan fingerprint density at radius 1 is 1.17 bits per heavy atom. The van der Waals surface area contributed by atoms with Gasteiger partial charge in [0.15, 0.2) is 0 Å². The molecule has 2 heterocycles. The maximum absolute atomic E-state index is 5.86. The summed E-state index contributed by atoms with van der Waals surface area (Å²) in [6, 6.07) is 7.66. The van der Waals surface area contributed by atoms with E-state index in [1.807, 2.05) is 36.4 Å². The minimum Gasteiger partial charge on any atom is -0.326 e. The van der Waals surface area contributed by atoms with Crippen LogP contribution in [0.25, 0.3) is 0 Å². The fraction of sp³-hybridized carbons (Fsp3) is 0.0667. The predicted molar refractivity (Wildman–Crippen MR) is 74.9 cm³/mol. The van der Waals surface area contributed by atoms with Crippen LogP contribution in [0, 0.1) is 6.08 Å². The van der Waals surface area contributed by atoms with Crippen LogP contribution in [0.5, 0.6) is 0 Å². The van der Waals surface area contributed by atoms with Crippen LogP contribution >= 0.6 is 11.6 Å². The number of anilines is 1. The van der Waals surface area contributed by atoms with Crippen molar-refractivity contribution in [1.82, 2.24) is 4.90 Å². The Morgan fingerprint density at radius 3 is 2.83 bits per heavy atom. The maximum Gasteiger partial charge on any atom is 0.211 e. The molecule has 1 aromatic rings. The highest BCUT2D eigenvalue weighted by Crippen LogP contribution is 2.21. The SMILES string of the molecule is Clc1ccc(NC2=CCN3C=CC=CC3=[C+]2)cc1. The van der Waals surface area contributed by atoms with Gasteiger partial charge in [-0.25, -0.2) is 0 Å². The van der Waals surface area contributed by atoms with Crippen molar-refractivity contribution in [2.75, 3.05) is 11.9 Å². The molecule has 0 unspecified atom stereocenters. The first kappa shape index (κ1) is 11.1. The van der Waals surface area contributed by atoms with E-state index in [-0.39, 0.29) is 0 Å². The number of rotatable bonds is 2. The Kier molecular flexibility index (Phi) is 2.89. The van der Waals surface area contributed by atoms with Gasteiger partial charge in [0.25, 0.3) is 0 Å². The number of benzene rings is 1. The average molecular weight is 256 g/mol. The normalized spacial score (nSPS) is 16.6. The van der Waals surface area contributed by atoms with Crippen LogP contribution in [-0.4, -0.2) is 11.4 Å². The van der Waals surface area contributed by atoms with Crippen LogP contribution in [0.15, 0.2) is 66.2 Å². The first-order valence-electron chi connectivity index (χ1n) is 5.79. The zero-order valence-electron chi connectivity index (χ0n) is 9.73. The predicted octanol–water partition coefficient (Wildman–Crippen LogP) is 3.72. The summed E-state index contributed by atoms with van der Waals surface area (Å²) < 4.78 is 0. The van der Waals surface area contributed by atoms with Crippen LogP contribution in [0.4, 0.5) is 5.69 Å². The summed E-state index contributed by atoms with van der Waals surface area (Å²) in [5.74, 6) is 0. The van der Waals surface area contributed by atoms with Gasteiger partial charge in [0.05, 0.1) is 24.8 Å². The minimum absolute atomic E-state index is 0.743. The van der Waals surface area contributed by atoms with Gasteiger partial charge in [-0.05, 0) is 36.4 Å². The van der Waals surface area contributed by atoms with Gasteiger partial charge in [-0.15, -0.1) is 0 Å². The van der Waals surface area contributed by atoms with Crippen molar-refractivity contribution >= 4 is 17.3 Å². The Bertz CT molecular complexity index is 565. The lowest BCUT2D eigenvalue weighted by Crippen LogP contribution is -2.22. The summed E-state index contributed by atoms with van der Waals surface area (Å²) in [7, 11) is 0. The summed E-state index contributed by atoms with van der Waals surface area (Å²) in [5.41, 5.74) is 3.09. The van der Waals surface area contributed by atoms with Crippen molar-refractivity contribution in [3.05, 3.63) is 77.3 Å². The number of fused-ring (bicyclic) bond motifs is 1. The standard InChI is InChI=1S/C15H12ClN2/c16-12-4-6-13(7-5-12)17-14-8-10-18-9-2-1-3-15(18)11-14/h1-9,17H,10H2/q+1. The Balaban J connectivity index is 1.77. The highest BCUT2D eigenvalue weighted by Gasteiger charge is 2.20. The van der Waals surface area contributed by atoms with E-state index in [1.165, 1.54) is 0 Å². The van der Waals surface area contributed by atoms with Gasteiger partial charge in [0.2, 0.25) is 11.4 Å². The molecule has 0 saturated carbocycles. The molecule has 18 heavy (non-hydrogen) atoms. The molecular formula is C15H12ClN2+. The molecule has 2 aliphatic heterocycles. The van der Waals surface area contributed by atoms with Gasteiger partial charge < -0.3 is 10.2 Å². The summed E-state index contributed by atoms with van der Waals surface area (Å²) in [5, 5.41) is 4.07. The van der Waals surface area contributed by atoms with Crippen molar-refractivity contribution < 1.29 is 0 Å². The van der Waals surface area contributed by atoms with Gasteiger partial charge in [-0.3, -0.25) is 0 Å². The first-order valence-corrected chi connectivity index (χ1v) is 6.17. The number of hydrogen-bond acceptors (Lipinski definition) is 2. The van der Waals surface area contributed by atoms with E-state index < -0.39 is 0 Å². The maximum atomic E-state index is 5.86. The Hall–Kier alpha value is -2.02. The molecule has 0 bridgehead atoms. The van der Waals surface area contributed by atoms with Gasteiger partial charge in [-0.1, -0.05) is 11.6 Å². The lowest BCUT2D eigenvalue weighted by atomic mass is 10.1. The molecule has 0 fully saturated rings. The topological polar surface area (TPSA) is 15.3 Å². The molecule has 2 aliphatic rings. The molecule has 2 nitrogen and oxygen atoms in total. The molecule has 0 aromatic heterocycles. The Labute approximate surface area is 112 Å². The van der Waals surface area contributed by atoms with Crippen LogP contribution in [0.3, 0.4) is 0 Å².